The summed E-state index contributed by atoms with van der Waals surface area (Å²) < 4.78 is 0. The van der Waals surface area contributed by atoms with E-state index in [0.717, 1.165) is 25.9 Å². The lowest BCUT2D eigenvalue weighted by Gasteiger charge is -2.53. The number of unbranched alkanes of at least 4 members (excludes halogenated alkanes) is 5. The number of nitrogens with one attached hydrogen (secondary N) is 1. The van der Waals surface area contributed by atoms with Crippen molar-refractivity contribution in [3.8, 4) is 0 Å². The van der Waals surface area contributed by atoms with Crippen LogP contribution in [0.1, 0.15) is 98.8 Å². The van der Waals surface area contributed by atoms with E-state index >= 15 is 0 Å². The van der Waals surface area contributed by atoms with Gasteiger partial charge in [0.15, 0.2) is 0 Å². The van der Waals surface area contributed by atoms with E-state index in [0.29, 0.717) is 0 Å². The zero-order valence-corrected chi connectivity index (χ0v) is 18.0. The van der Waals surface area contributed by atoms with Gasteiger partial charge in [-0.05, 0) is 47.0 Å². The molecule has 0 aliphatic carbocycles. The zero-order chi connectivity index (χ0) is 20.5. The molecule has 27 heavy (non-hydrogen) atoms. The van der Waals surface area contributed by atoms with Crippen molar-refractivity contribution in [2.45, 2.75) is 116 Å². The van der Waals surface area contributed by atoms with Crippen molar-refractivity contribution in [3.63, 3.8) is 0 Å². The van der Waals surface area contributed by atoms with E-state index in [1.165, 1.54) is 32.1 Å². The third-order valence-corrected chi connectivity index (χ3v) is 5.24. The van der Waals surface area contributed by atoms with Gasteiger partial charge in [-0.25, -0.2) is 0 Å². The summed E-state index contributed by atoms with van der Waals surface area (Å²) in [7, 11) is 0. The Bertz CT molecular complexity index is 459. The van der Waals surface area contributed by atoms with Crippen LogP contribution in [-0.2, 0) is 14.4 Å². The van der Waals surface area contributed by atoms with E-state index in [9.17, 15) is 9.59 Å². The van der Waals surface area contributed by atoms with Crippen LogP contribution in [0.3, 0.4) is 0 Å². The molecule has 1 saturated heterocycles. The number of piperidine rings is 1. The van der Waals surface area contributed by atoms with Gasteiger partial charge in [0.1, 0.15) is 0 Å². The van der Waals surface area contributed by atoms with Crippen LogP contribution in [0.2, 0.25) is 0 Å². The highest BCUT2D eigenvalue weighted by Gasteiger charge is 2.46. The van der Waals surface area contributed by atoms with E-state index in [4.69, 9.17) is 9.94 Å². The molecule has 1 aliphatic heterocycles. The molecule has 1 amide bonds. The Balaban J connectivity index is 2.49. The van der Waals surface area contributed by atoms with Crippen LogP contribution < -0.4 is 5.32 Å². The predicted molar refractivity (Wildman–Crippen MR) is 107 cm³/mol. The minimum atomic E-state index is -0.941. The maximum atomic E-state index is 12.0. The number of amides is 1. The van der Waals surface area contributed by atoms with E-state index in [1.54, 1.807) is 0 Å². The van der Waals surface area contributed by atoms with Gasteiger partial charge in [-0.3, -0.25) is 14.4 Å². The summed E-state index contributed by atoms with van der Waals surface area (Å²) >= 11 is 0. The quantitative estimate of drug-likeness (QED) is 0.491. The van der Waals surface area contributed by atoms with Crippen LogP contribution in [0.5, 0.6) is 0 Å². The molecule has 0 spiro atoms. The first-order valence-electron chi connectivity index (χ1n) is 10.5. The predicted octanol–water partition coefficient (Wildman–Crippen LogP) is 4.28. The van der Waals surface area contributed by atoms with Gasteiger partial charge < -0.3 is 10.4 Å². The lowest BCUT2D eigenvalue weighted by atomic mass is 9.79. The molecule has 158 valence electrons. The highest BCUT2D eigenvalue weighted by Crippen LogP contribution is 2.38. The van der Waals surface area contributed by atoms with Gasteiger partial charge in [0.2, 0.25) is 5.91 Å². The number of aliphatic carboxylic acids is 1. The van der Waals surface area contributed by atoms with E-state index in [2.05, 4.69) is 45.0 Å². The molecule has 0 bridgehead atoms. The first-order valence-corrected chi connectivity index (χ1v) is 10.5. The molecule has 0 atom stereocenters. The Hall–Kier alpha value is -1.14. The number of nitrogens with zero attached hydrogens (tertiary/aromatic N) is 1. The van der Waals surface area contributed by atoms with Gasteiger partial charge in [-0.2, -0.15) is 5.06 Å². The lowest BCUT2D eigenvalue weighted by molar-refractivity contribution is -0.284. The molecule has 1 aliphatic rings. The Kier molecular flexibility index (Phi) is 9.74. The maximum Gasteiger partial charge on any atom is 0.303 e. The Labute approximate surface area is 165 Å². The van der Waals surface area contributed by atoms with Crippen molar-refractivity contribution >= 4 is 11.9 Å². The number of hydrogen-bond acceptors (Lipinski definition) is 4. The highest BCUT2D eigenvalue weighted by molar-refractivity contribution is 5.80. The molecular weight excluding hydrogens is 344 g/mol. The zero-order valence-electron chi connectivity index (χ0n) is 18.0. The molecule has 6 nitrogen and oxygen atoms in total. The summed E-state index contributed by atoms with van der Waals surface area (Å²) in [6.07, 6.45) is 8.90. The summed E-state index contributed by atoms with van der Waals surface area (Å²) in [6.45, 7) is 11.5. The Morgan fingerprint density at radius 3 is 2.11 bits per heavy atom. The fraction of sp³-hybridized carbons (Fsp3) is 0.905. The molecule has 0 saturated carbocycles. The third-order valence-electron chi connectivity index (χ3n) is 5.24. The highest BCUT2D eigenvalue weighted by atomic mass is 16.7. The number of rotatable bonds is 12. The van der Waals surface area contributed by atoms with Gasteiger partial charge in [0.25, 0.3) is 0 Å². The smallest absolute Gasteiger partial charge is 0.303 e. The van der Waals surface area contributed by atoms with Gasteiger partial charge in [-0.15, -0.1) is 0 Å². The van der Waals surface area contributed by atoms with E-state index < -0.39 is 5.97 Å². The normalized spacial score (nSPS) is 19.7. The topological polar surface area (TPSA) is 78.9 Å². The molecule has 0 radical (unpaired) electrons. The number of carboxylic acid groups (broad SMARTS) is 1. The molecular formula is C21H40N2O4. The second-order valence-electron chi connectivity index (χ2n) is 9.09. The molecule has 0 aromatic heterocycles. The molecule has 6 heteroatoms. The van der Waals surface area contributed by atoms with Gasteiger partial charge in [0, 0.05) is 23.5 Å². The summed E-state index contributed by atoms with van der Waals surface area (Å²) in [5.74, 6) is -1.13. The Morgan fingerprint density at radius 2 is 1.56 bits per heavy atom. The summed E-state index contributed by atoms with van der Waals surface area (Å²) in [5.41, 5.74) is -0.399. The summed E-state index contributed by atoms with van der Waals surface area (Å²) in [6, 6.07) is 0.0326. The molecule has 2 N–H and O–H groups in total. The first kappa shape index (κ1) is 23.9. The van der Waals surface area contributed by atoms with Crippen molar-refractivity contribution in [2.24, 2.45) is 0 Å². The number of hydrogen-bond donors (Lipinski definition) is 2. The van der Waals surface area contributed by atoms with E-state index in [1.807, 2.05) is 0 Å². The number of carboxylic acids is 1. The molecule has 1 heterocycles. The van der Waals surface area contributed by atoms with Gasteiger partial charge in [0.05, 0.1) is 13.0 Å². The van der Waals surface area contributed by atoms with Crippen molar-refractivity contribution in [1.29, 1.82) is 0 Å². The maximum absolute atomic E-state index is 12.0. The summed E-state index contributed by atoms with van der Waals surface area (Å²) in [5, 5.41) is 13.9. The second kappa shape index (κ2) is 11.0. The number of carbonyl (C=O) groups excluding carboxylic acids is 1. The van der Waals surface area contributed by atoms with Gasteiger partial charge >= 0.3 is 5.97 Å². The number of hydroxylamine groups is 2. The van der Waals surface area contributed by atoms with Crippen LogP contribution in [0, 0.1) is 0 Å². The standard InChI is InChI=1S/C21H40N2O4/c1-6-7-8-9-10-11-14-27-23-20(2,3)15-17(16-21(23,4)5)22-18(24)12-13-19(25)26/h17H,6-16H2,1-5H3,(H,22,24)(H,25,26). The van der Waals surface area contributed by atoms with Crippen LogP contribution in [0.15, 0.2) is 0 Å². The monoisotopic (exact) mass is 384 g/mol. The summed E-state index contributed by atoms with van der Waals surface area (Å²) in [4.78, 5) is 28.9. The average Bonchev–Trinajstić information content (AvgIpc) is 2.53. The van der Waals surface area contributed by atoms with Crippen molar-refractivity contribution < 1.29 is 19.5 Å². The third kappa shape index (κ3) is 8.60. The van der Waals surface area contributed by atoms with E-state index in [-0.39, 0.29) is 35.9 Å². The molecule has 0 aromatic rings. The fourth-order valence-electron chi connectivity index (χ4n) is 4.27. The SMILES string of the molecule is CCCCCCCCON1C(C)(C)CC(NC(=O)CCC(=O)O)CC1(C)C. The first-order chi connectivity index (χ1) is 12.6. The van der Waals surface area contributed by atoms with Crippen molar-refractivity contribution in [3.05, 3.63) is 0 Å². The van der Waals surface area contributed by atoms with Crippen LogP contribution in [0.4, 0.5) is 0 Å². The van der Waals surface area contributed by atoms with Crippen LogP contribution in [0.25, 0.3) is 0 Å². The Morgan fingerprint density at radius 1 is 1.00 bits per heavy atom. The average molecular weight is 385 g/mol. The van der Waals surface area contributed by atoms with Crippen LogP contribution >= 0.6 is 0 Å². The minimum absolute atomic E-state index is 0.0326. The second-order valence-corrected chi connectivity index (χ2v) is 9.09. The lowest BCUT2D eigenvalue weighted by Crippen LogP contribution is -2.64. The minimum Gasteiger partial charge on any atom is -0.481 e. The van der Waals surface area contributed by atoms with Crippen molar-refractivity contribution in [2.75, 3.05) is 6.61 Å². The van der Waals surface area contributed by atoms with Crippen LogP contribution in [-0.4, -0.2) is 45.8 Å². The number of carbonyl (C=O) groups is 2. The van der Waals surface area contributed by atoms with Crippen molar-refractivity contribution in [1.82, 2.24) is 10.4 Å². The molecule has 0 unspecified atom stereocenters. The molecule has 1 rings (SSSR count). The largest absolute Gasteiger partial charge is 0.481 e. The molecule has 0 aromatic carbocycles. The van der Waals surface area contributed by atoms with Gasteiger partial charge in [-0.1, -0.05) is 39.0 Å². The molecule has 1 fully saturated rings. The fourth-order valence-corrected chi connectivity index (χ4v) is 4.27.